The zero-order chi connectivity index (χ0) is 10.6. The lowest BCUT2D eigenvalue weighted by molar-refractivity contribution is -0.119. The van der Waals surface area contributed by atoms with Crippen molar-refractivity contribution in [1.82, 2.24) is 0 Å². The minimum atomic E-state index is 0.466. The SMILES string of the molecule is [CH2]CCCCCCC(=O)CCCCC. The molecule has 0 spiro atoms. The highest BCUT2D eigenvalue weighted by Gasteiger charge is 2.00. The predicted octanol–water partition coefficient (Wildman–Crippen LogP) is 4.31. The number of ketones is 1. The van der Waals surface area contributed by atoms with Crippen molar-refractivity contribution in [2.45, 2.75) is 71.1 Å². The molecule has 0 aromatic heterocycles. The fourth-order valence-corrected chi connectivity index (χ4v) is 1.55. The molecule has 0 unspecified atom stereocenters. The van der Waals surface area contributed by atoms with E-state index in [1.165, 1.54) is 32.1 Å². The van der Waals surface area contributed by atoms with E-state index in [4.69, 9.17) is 0 Å². The first-order valence-corrected chi connectivity index (χ1v) is 6.12. The van der Waals surface area contributed by atoms with Gasteiger partial charge in [-0.1, -0.05) is 52.4 Å². The number of carbonyl (C=O) groups is 1. The first kappa shape index (κ1) is 13.7. The van der Waals surface area contributed by atoms with Crippen LogP contribution >= 0.6 is 0 Å². The van der Waals surface area contributed by atoms with Crippen LogP contribution in [-0.2, 0) is 4.79 Å². The fraction of sp³-hybridized carbons (Fsp3) is 0.846. The van der Waals surface area contributed by atoms with E-state index in [0.29, 0.717) is 5.78 Å². The molecule has 0 aliphatic rings. The van der Waals surface area contributed by atoms with Gasteiger partial charge >= 0.3 is 0 Å². The Bertz CT molecular complexity index is 129. The van der Waals surface area contributed by atoms with E-state index < -0.39 is 0 Å². The second-order valence-electron chi connectivity index (χ2n) is 4.01. The summed E-state index contributed by atoms with van der Waals surface area (Å²) in [6.07, 6.45) is 10.9. The maximum absolute atomic E-state index is 11.3. The van der Waals surface area contributed by atoms with Gasteiger partial charge in [0.25, 0.3) is 0 Å². The van der Waals surface area contributed by atoms with Crippen LogP contribution in [0.2, 0.25) is 0 Å². The Kier molecular flexibility index (Phi) is 10.5. The lowest BCUT2D eigenvalue weighted by Crippen LogP contribution is -1.97. The standard InChI is InChI=1S/C13H25O/c1-3-5-7-8-10-12-13(14)11-9-6-4-2/h1,3-12H2,2H3. The van der Waals surface area contributed by atoms with Crippen LogP contribution in [-0.4, -0.2) is 5.78 Å². The number of Topliss-reactive ketones (excluding diaryl/α,β-unsaturated/α-hetero) is 1. The smallest absolute Gasteiger partial charge is 0.132 e. The van der Waals surface area contributed by atoms with Gasteiger partial charge in [-0.15, -0.1) is 0 Å². The number of hydrogen-bond donors (Lipinski definition) is 0. The summed E-state index contributed by atoms with van der Waals surface area (Å²) in [7, 11) is 0. The van der Waals surface area contributed by atoms with Gasteiger partial charge in [0.05, 0.1) is 0 Å². The fourth-order valence-electron chi connectivity index (χ4n) is 1.55. The van der Waals surface area contributed by atoms with Crippen LogP contribution in [0.15, 0.2) is 0 Å². The summed E-state index contributed by atoms with van der Waals surface area (Å²) in [6.45, 7) is 5.97. The van der Waals surface area contributed by atoms with E-state index in [1.807, 2.05) is 0 Å². The quantitative estimate of drug-likeness (QED) is 0.477. The van der Waals surface area contributed by atoms with Gasteiger partial charge in [0, 0.05) is 12.8 Å². The van der Waals surface area contributed by atoms with Crippen molar-refractivity contribution in [1.29, 1.82) is 0 Å². The molecular formula is C13H25O. The highest BCUT2D eigenvalue weighted by Crippen LogP contribution is 2.08. The van der Waals surface area contributed by atoms with Crippen LogP contribution in [0.1, 0.15) is 71.1 Å². The summed E-state index contributed by atoms with van der Waals surface area (Å²) in [5, 5.41) is 0. The lowest BCUT2D eigenvalue weighted by Gasteiger charge is -2.00. The Hall–Kier alpha value is -0.330. The van der Waals surface area contributed by atoms with E-state index in [2.05, 4.69) is 13.8 Å². The van der Waals surface area contributed by atoms with Crippen LogP contribution in [0.5, 0.6) is 0 Å². The first-order valence-electron chi connectivity index (χ1n) is 6.12. The number of hydrogen-bond acceptors (Lipinski definition) is 1. The van der Waals surface area contributed by atoms with Gasteiger partial charge in [-0.05, 0) is 12.8 Å². The third-order valence-electron chi connectivity index (χ3n) is 2.51. The molecule has 0 heterocycles. The Labute approximate surface area is 89.3 Å². The Morgan fingerprint density at radius 3 is 2.07 bits per heavy atom. The molecule has 14 heavy (non-hydrogen) atoms. The third kappa shape index (κ3) is 9.76. The Balaban J connectivity index is 3.10. The third-order valence-corrected chi connectivity index (χ3v) is 2.51. The molecule has 0 rings (SSSR count). The minimum Gasteiger partial charge on any atom is -0.300 e. The molecule has 0 aliphatic carbocycles. The summed E-state index contributed by atoms with van der Waals surface area (Å²) in [5.41, 5.74) is 0. The molecule has 0 amide bonds. The normalized spacial score (nSPS) is 10.4. The van der Waals surface area contributed by atoms with Crippen molar-refractivity contribution >= 4 is 5.78 Å². The van der Waals surface area contributed by atoms with Gasteiger partial charge in [-0.3, -0.25) is 4.79 Å². The maximum Gasteiger partial charge on any atom is 0.132 e. The van der Waals surface area contributed by atoms with Crippen molar-refractivity contribution in [3.05, 3.63) is 6.92 Å². The highest BCUT2D eigenvalue weighted by molar-refractivity contribution is 5.78. The monoisotopic (exact) mass is 197 g/mol. The van der Waals surface area contributed by atoms with E-state index in [9.17, 15) is 4.79 Å². The van der Waals surface area contributed by atoms with Gasteiger partial charge in [0.2, 0.25) is 0 Å². The lowest BCUT2D eigenvalue weighted by atomic mass is 10.0. The van der Waals surface area contributed by atoms with Crippen LogP contribution in [0.3, 0.4) is 0 Å². The molecule has 0 bridgehead atoms. The molecule has 0 aromatic carbocycles. The summed E-state index contributed by atoms with van der Waals surface area (Å²) in [5.74, 6) is 0.466. The molecule has 0 saturated heterocycles. The molecule has 0 aromatic rings. The summed E-state index contributed by atoms with van der Waals surface area (Å²) >= 11 is 0. The molecule has 0 N–H and O–H groups in total. The second-order valence-corrected chi connectivity index (χ2v) is 4.01. The maximum atomic E-state index is 11.3. The molecule has 0 atom stereocenters. The molecule has 0 saturated carbocycles. The molecule has 0 fully saturated rings. The predicted molar refractivity (Wildman–Crippen MR) is 62.2 cm³/mol. The zero-order valence-corrected chi connectivity index (χ0v) is 9.69. The second kappa shape index (κ2) is 10.7. The highest BCUT2D eigenvalue weighted by atomic mass is 16.1. The van der Waals surface area contributed by atoms with Gasteiger partial charge in [-0.25, -0.2) is 0 Å². The van der Waals surface area contributed by atoms with E-state index >= 15 is 0 Å². The van der Waals surface area contributed by atoms with Crippen molar-refractivity contribution < 1.29 is 4.79 Å². The molecule has 1 heteroatoms. The molecular weight excluding hydrogens is 172 g/mol. The van der Waals surface area contributed by atoms with Crippen LogP contribution in [0.4, 0.5) is 0 Å². The molecule has 1 radical (unpaired) electrons. The Morgan fingerprint density at radius 1 is 0.929 bits per heavy atom. The van der Waals surface area contributed by atoms with E-state index in [0.717, 1.165) is 32.1 Å². The minimum absolute atomic E-state index is 0.466. The average Bonchev–Trinajstić information content (AvgIpc) is 2.18. The van der Waals surface area contributed by atoms with Gasteiger partial charge in [0.15, 0.2) is 0 Å². The Morgan fingerprint density at radius 2 is 1.50 bits per heavy atom. The van der Waals surface area contributed by atoms with Crippen LogP contribution in [0.25, 0.3) is 0 Å². The van der Waals surface area contributed by atoms with Gasteiger partial charge in [0.1, 0.15) is 5.78 Å². The summed E-state index contributed by atoms with van der Waals surface area (Å²) < 4.78 is 0. The number of unbranched alkanes of at least 4 members (excludes halogenated alkanes) is 6. The van der Waals surface area contributed by atoms with Crippen molar-refractivity contribution in [2.75, 3.05) is 0 Å². The van der Waals surface area contributed by atoms with Crippen molar-refractivity contribution in [3.8, 4) is 0 Å². The van der Waals surface area contributed by atoms with Gasteiger partial charge in [-0.2, -0.15) is 0 Å². The average molecular weight is 197 g/mol. The summed E-state index contributed by atoms with van der Waals surface area (Å²) in [4.78, 5) is 11.3. The zero-order valence-electron chi connectivity index (χ0n) is 9.69. The van der Waals surface area contributed by atoms with Crippen LogP contribution in [0, 0.1) is 6.92 Å². The van der Waals surface area contributed by atoms with Gasteiger partial charge < -0.3 is 0 Å². The molecule has 83 valence electrons. The van der Waals surface area contributed by atoms with E-state index in [1.54, 1.807) is 0 Å². The molecule has 1 nitrogen and oxygen atoms in total. The first-order chi connectivity index (χ1) is 6.81. The number of carbonyl (C=O) groups excluding carboxylic acids is 1. The summed E-state index contributed by atoms with van der Waals surface area (Å²) in [6, 6.07) is 0. The van der Waals surface area contributed by atoms with Crippen molar-refractivity contribution in [2.24, 2.45) is 0 Å². The largest absolute Gasteiger partial charge is 0.300 e. The van der Waals surface area contributed by atoms with Crippen molar-refractivity contribution in [3.63, 3.8) is 0 Å². The van der Waals surface area contributed by atoms with Crippen LogP contribution < -0.4 is 0 Å². The topological polar surface area (TPSA) is 17.1 Å². The number of rotatable bonds is 10. The molecule has 0 aliphatic heterocycles. The van der Waals surface area contributed by atoms with E-state index in [-0.39, 0.29) is 0 Å².